The van der Waals surface area contributed by atoms with Crippen molar-refractivity contribution in [3.05, 3.63) is 64.0 Å². The molecule has 2 aromatic heterocycles. The lowest BCUT2D eigenvalue weighted by Crippen LogP contribution is -2.38. The van der Waals surface area contributed by atoms with Gasteiger partial charge in [0.2, 0.25) is 0 Å². The number of hydrogen-bond acceptors (Lipinski definition) is 4. The zero-order valence-corrected chi connectivity index (χ0v) is 17.6. The second-order valence-electron chi connectivity index (χ2n) is 7.70. The summed E-state index contributed by atoms with van der Waals surface area (Å²) in [7, 11) is 1.67. The molecule has 8 heteroatoms. The normalized spacial score (nSPS) is 15.4. The van der Waals surface area contributed by atoms with Gasteiger partial charge in [0.25, 0.3) is 5.91 Å². The van der Waals surface area contributed by atoms with E-state index in [0.29, 0.717) is 12.5 Å². The molecule has 1 aromatic carbocycles. The summed E-state index contributed by atoms with van der Waals surface area (Å²) in [5, 5.41) is 9.30. The lowest BCUT2D eigenvalue weighted by Gasteiger charge is -2.31. The highest BCUT2D eigenvalue weighted by atomic mass is 32.1. The second-order valence-corrected chi connectivity index (χ2v) is 8.73. The van der Waals surface area contributed by atoms with Crippen LogP contribution >= 0.6 is 11.3 Å². The molecule has 0 bridgehead atoms. The molecular weight excluding hydrogens is 406 g/mol. The first-order valence-electron chi connectivity index (χ1n) is 10.0. The van der Waals surface area contributed by atoms with Crippen LogP contribution in [0.25, 0.3) is 11.3 Å². The van der Waals surface area contributed by atoms with Gasteiger partial charge in [0.1, 0.15) is 17.3 Å². The third kappa shape index (κ3) is 4.76. The van der Waals surface area contributed by atoms with Gasteiger partial charge in [-0.05, 0) is 55.4 Å². The van der Waals surface area contributed by atoms with Crippen molar-refractivity contribution in [3.8, 4) is 11.3 Å². The van der Waals surface area contributed by atoms with Crippen LogP contribution in [0.2, 0.25) is 0 Å². The molecule has 0 aliphatic carbocycles. The minimum atomic E-state index is -0.735. The molecule has 1 aliphatic rings. The number of likely N-dealkylation sites (tertiary alicyclic amines) is 1. The number of carbonyl (C=O) groups excluding carboxylic acids is 1. The van der Waals surface area contributed by atoms with E-state index >= 15 is 0 Å². The topological polar surface area (TPSA) is 50.2 Å². The Hall–Kier alpha value is -2.58. The maximum Gasteiger partial charge on any atom is 0.255 e. The lowest BCUT2D eigenvalue weighted by molar-refractivity contribution is 0.0936. The molecule has 0 radical (unpaired) electrons. The third-order valence-electron chi connectivity index (χ3n) is 5.48. The largest absolute Gasteiger partial charge is 0.352 e. The third-order valence-corrected chi connectivity index (χ3v) is 6.34. The van der Waals surface area contributed by atoms with E-state index in [2.05, 4.69) is 32.8 Å². The minimum absolute atomic E-state index is 0.115. The van der Waals surface area contributed by atoms with E-state index < -0.39 is 11.6 Å². The summed E-state index contributed by atoms with van der Waals surface area (Å²) in [6, 6.07) is 7.51. The fraction of sp³-hybridized carbons (Fsp3) is 0.364. The monoisotopic (exact) mass is 430 g/mol. The minimum Gasteiger partial charge on any atom is -0.352 e. The maximum absolute atomic E-state index is 14.2. The molecule has 0 atom stereocenters. The van der Waals surface area contributed by atoms with Crippen LogP contribution in [0, 0.1) is 17.6 Å². The number of rotatable bonds is 6. The number of nitrogens with one attached hydrogen (secondary N) is 1. The zero-order chi connectivity index (χ0) is 21.1. The van der Waals surface area contributed by atoms with Crippen molar-refractivity contribution in [2.45, 2.75) is 19.4 Å². The first-order valence-corrected chi connectivity index (χ1v) is 10.9. The van der Waals surface area contributed by atoms with Gasteiger partial charge >= 0.3 is 0 Å². The molecule has 4 rings (SSSR count). The molecule has 1 saturated heterocycles. The van der Waals surface area contributed by atoms with Crippen molar-refractivity contribution in [3.63, 3.8) is 0 Å². The van der Waals surface area contributed by atoms with Crippen LogP contribution in [0.5, 0.6) is 0 Å². The number of halogens is 2. The molecule has 0 saturated carbocycles. The van der Waals surface area contributed by atoms with Gasteiger partial charge in [0, 0.05) is 42.8 Å². The summed E-state index contributed by atoms with van der Waals surface area (Å²) in [6.45, 7) is 3.58. The number of thiophene rings is 1. The summed E-state index contributed by atoms with van der Waals surface area (Å²) >= 11 is 1.78. The van der Waals surface area contributed by atoms with Gasteiger partial charge < -0.3 is 5.32 Å². The van der Waals surface area contributed by atoms with E-state index in [0.717, 1.165) is 38.5 Å². The number of hydrogen-bond donors (Lipinski definition) is 1. The number of aromatic nitrogens is 2. The number of carbonyl (C=O) groups is 1. The van der Waals surface area contributed by atoms with Gasteiger partial charge in [-0.3, -0.25) is 14.4 Å². The van der Waals surface area contributed by atoms with E-state index in [9.17, 15) is 13.6 Å². The fourth-order valence-electron chi connectivity index (χ4n) is 3.84. The Morgan fingerprint density at radius 3 is 2.77 bits per heavy atom. The highest BCUT2D eigenvalue weighted by molar-refractivity contribution is 7.09. The van der Waals surface area contributed by atoms with Crippen molar-refractivity contribution in [2.75, 3.05) is 19.6 Å². The maximum atomic E-state index is 14.2. The van der Waals surface area contributed by atoms with E-state index in [4.69, 9.17) is 0 Å². The molecular formula is C22H24F2N4OS. The summed E-state index contributed by atoms with van der Waals surface area (Å²) in [4.78, 5) is 16.6. The van der Waals surface area contributed by atoms with Crippen molar-refractivity contribution in [2.24, 2.45) is 13.0 Å². The first-order chi connectivity index (χ1) is 14.5. The van der Waals surface area contributed by atoms with Crippen molar-refractivity contribution in [1.29, 1.82) is 0 Å². The molecule has 1 fully saturated rings. The van der Waals surface area contributed by atoms with Crippen LogP contribution < -0.4 is 5.32 Å². The molecule has 1 amide bonds. The highest BCUT2D eigenvalue weighted by Gasteiger charge is 2.23. The van der Waals surface area contributed by atoms with E-state index in [1.165, 1.54) is 21.7 Å². The molecule has 1 N–H and O–H groups in total. The SMILES string of the molecule is Cn1cc(C(=O)NCC2CCN(Cc3cccs3)CC2)c(-c2ccc(F)cc2F)n1. The van der Waals surface area contributed by atoms with Crippen molar-refractivity contribution >= 4 is 17.2 Å². The van der Waals surface area contributed by atoms with Crippen LogP contribution in [0.1, 0.15) is 28.1 Å². The number of aryl methyl sites for hydroxylation is 1. The Morgan fingerprint density at radius 1 is 1.27 bits per heavy atom. The van der Waals surface area contributed by atoms with Gasteiger partial charge in [-0.25, -0.2) is 8.78 Å². The van der Waals surface area contributed by atoms with Crippen LogP contribution in [0.3, 0.4) is 0 Å². The predicted molar refractivity (Wildman–Crippen MR) is 113 cm³/mol. The van der Waals surface area contributed by atoms with Crippen LogP contribution in [0.15, 0.2) is 41.9 Å². The Labute approximate surface area is 178 Å². The summed E-state index contributed by atoms with van der Waals surface area (Å²) in [5.41, 5.74) is 0.625. The van der Waals surface area contributed by atoms with E-state index in [1.807, 2.05) is 0 Å². The Bertz CT molecular complexity index is 1010. The standard InChI is InChI=1S/C22H24F2N4OS/c1-27-14-19(21(26-27)18-5-4-16(23)11-20(18)24)22(29)25-12-15-6-8-28(9-7-15)13-17-3-2-10-30-17/h2-5,10-11,14-15H,6-9,12-13H2,1H3,(H,25,29). The van der Waals surface area contributed by atoms with Gasteiger partial charge in [-0.2, -0.15) is 5.10 Å². The second kappa shape index (κ2) is 9.06. The zero-order valence-electron chi connectivity index (χ0n) is 16.8. The average Bonchev–Trinajstić information content (AvgIpc) is 3.37. The van der Waals surface area contributed by atoms with E-state index in [1.54, 1.807) is 24.6 Å². The molecule has 0 spiro atoms. The quantitative estimate of drug-likeness (QED) is 0.641. The summed E-state index contributed by atoms with van der Waals surface area (Å²) < 4.78 is 28.9. The lowest BCUT2D eigenvalue weighted by atomic mass is 9.96. The number of piperidine rings is 1. The van der Waals surface area contributed by atoms with Gasteiger partial charge in [0.15, 0.2) is 0 Å². The molecule has 3 heterocycles. The molecule has 5 nitrogen and oxygen atoms in total. The van der Waals surface area contributed by atoms with Crippen LogP contribution in [-0.4, -0.2) is 40.2 Å². The van der Waals surface area contributed by atoms with E-state index in [-0.39, 0.29) is 22.7 Å². The number of nitrogens with zero attached hydrogens (tertiary/aromatic N) is 3. The Balaban J connectivity index is 1.35. The van der Waals surface area contributed by atoms with Gasteiger partial charge in [0.05, 0.1) is 5.56 Å². The predicted octanol–water partition coefficient (Wildman–Crippen LogP) is 4.07. The van der Waals surface area contributed by atoms with Crippen LogP contribution in [-0.2, 0) is 13.6 Å². The first kappa shape index (κ1) is 20.7. The van der Waals surface area contributed by atoms with Gasteiger partial charge in [-0.15, -0.1) is 11.3 Å². The summed E-state index contributed by atoms with van der Waals surface area (Å²) in [6.07, 6.45) is 3.62. The number of benzene rings is 1. The Kier molecular flexibility index (Phi) is 6.24. The molecule has 1 aliphatic heterocycles. The fourth-order valence-corrected chi connectivity index (χ4v) is 4.59. The van der Waals surface area contributed by atoms with Crippen LogP contribution in [0.4, 0.5) is 8.78 Å². The highest BCUT2D eigenvalue weighted by Crippen LogP contribution is 2.26. The number of amides is 1. The van der Waals surface area contributed by atoms with Gasteiger partial charge in [-0.1, -0.05) is 6.07 Å². The average molecular weight is 431 g/mol. The molecule has 0 unspecified atom stereocenters. The molecule has 30 heavy (non-hydrogen) atoms. The molecule has 158 valence electrons. The van der Waals surface area contributed by atoms with Crippen molar-refractivity contribution in [1.82, 2.24) is 20.0 Å². The summed E-state index contributed by atoms with van der Waals surface area (Å²) in [5.74, 6) is -1.27. The molecule has 3 aromatic rings. The Morgan fingerprint density at radius 2 is 2.07 bits per heavy atom. The van der Waals surface area contributed by atoms with Crippen molar-refractivity contribution < 1.29 is 13.6 Å². The smallest absolute Gasteiger partial charge is 0.255 e.